The molecule has 0 radical (unpaired) electrons. The summed E-state index contributed by atoms with van der Waals surface area (Å²) in [6.07, 6.45) is -49.7. The minimum Gasteiger partial charge on any atom is -0.244 e. The third-order valence-corrected chi connectivity index (χ3v) is 4.58. The van der Waals surface area contributed by atoms with Crippen LogP contribution in [0.25, 0.3) is 0 Å². The smallest absolute Gasteiger partial charge is 0.244 e. The SMILES string of the molecule is CC(F)(F)C(F)(F)F.FC(Cl)C(F)(F)F.FC(Cl)Cl.FC(F)(Cl)CCl.FC(F)(F)C(Cl)Cl.FC(F)(F)CCl.FC(F)C(F)(F)C(F)(F)F.FC(F)C(F)(F)F.FC(F)Cl.FC(F)F.FCC(F)(F)C(F)(F)F.FCC(F)(F)F. The van der Waals surface area contributed by atoms with Gasteiger partial charge >= 0.3 is 98.0 Å². The number of hydrogen-bond donors (Lipinski definition) is 0. The van der Waals surface area contributed by atoms with Crippen LogP contribution in [0.2, 0.25) is 0 Å². The molecule has 0 saturated carbocycles. The van der Waals surface area contributed by atoms with Gasteiger partial charge in [-0.2, -0.15) is 162 Å². The van der Waals surface area contributed by atoms with Crippen molar-refractivity contribution in [1.82, 2.24) is 0 Å². The van der Waals surface area contributed by atoms with Crippen LogP contribution in [0.15, 0.2) is 0 Å². The molecule has 78 heavy (non-hydrogen) atoms. The second kappa shape index (κ2) is 46.8. The van der Waals surface area contributed by atoms with Crippen molar-refractivity contribution in [3.8, 4) is 0 Å². The summed E-state index contributed by atoms with van der Waals surface area (Å²) in [5.41, 5.74) is -3.23. The Labute approximate surface area is 446 Å². The van der Waals surface area contributed by atoms with Gasteiger partial charge < -0.3 is 0 Å². The van der Waals surface area contributed by atoms with Gasteiger partial charge in [-0.25, -0.2) is 35.1 Å². The van der Waals surface area contributed by atoms with E-state index in [0.717, 1.165) is 0 Å². The Balaban J connectivity index is -0.0000000615. The molecule has 0 bridgehead atoms. The van der Waals surface area contributed by atoms with E-state index in [9.17, 15) is 198 Å². The van der Waals surface area contributed by atoms with E-state index in [0.29, 0.717) is 0 Å². The Kier molecular flexibility index (Phi) is 63.4. The fourth-order valence-electron chi connectivity index (χ4n) is 0.199. The van der Waals surface area contributed by atoms with Gasteiger partial charge in [0.1, 0.15) is 11.8 Å². The molecule has 492 valence electrons. The fourth-order valence-corrected chi connectivity index (χ4v) is 0.199. The molecule has 0 saturated heterocycles. The van der Waals surface area contributed by atoms with Crippen LogP contribution in [0.5, 0.6) is 0 Å². The molecule has 1 unspecified atom stereocenters. The van der Waals surface area contributed by atoms with Crippen molar-refractivity contribution < 1.29 is 198 Å². The van der Waals surface area contributed by atoms with Crippen molar-refractivity contribution in [3.63, 3.8) is 0 Å². The van der Waals surface area contributed by atoms with Crippen LogP contribution in [-0.4, -0.2) is 139 Å². The lowest BCUT2D eigenvalue weighted by atomic mass is 10.3. The van der Waals surface area contributed by atoms with Gasteiger partial charge in [-0.3, -0.25) is 0 Å². The molecule has 0 heterocycles. The van der Waals surface area contributed by atoms with Crippen molar-refractivity contribution in [2.75, 3.05) is 25.1 Å². The zero-order valence-corrected chi connectivity index (χ0v) is 41.1. The molecular weight excluding hydrogens is 1460 g/mol. The molecule has 0 aromatic carbocycles. The highest BCUT2D eigenvalue weighted by Crippen LogP contribution is 2.40. The lowest BCUT2D eigenvalue weighted by Crippen LogP contribution is -2.42. The third-order valence-electron chi connectivity index (χ3n) is 2.93. The molecule has 1 atom stereocenters. The lowest BCUT2D eigenvalue weighted by molar-refractivity contribution is -0.320. The summed E-state index contributed by atoms with van der Waals surface area (Å²) in [4.78, 5) is -2.26. The Bertz CT molecular complexity index is 1160. The zero-order chi connectivity index (χ0) is 67.9. The second-order valence-corrected chi connectivity index (χ2v) is 13.5. The highest BCUT2D eigenvalue weighted by Gasteiger charge is 2.64. The Morgan fingerprint density at radius 2 is 0.526 bits per heavy atom. The van der Waals surface area contributed by atoms with E-state index in [4.69, 9.17) is 0 Å². The summed E-state index contributed by atoms with van der Waals surface area (Å²) in [5.74, 6) is -20.4. The normalized spacial score (nSPS) is 12.9. The van der Waals surface area contributed by atoms with Crippen LogP contribution in [0.1, 0.15) is 6.92 Å². The molecule has 0 spiro atoms. The van der Waals surface area contributed by atoms with Gasteiger partial charge in [0.15, 0.2) is 13.3 Å². The van der Waals surface area contributed by atoms with Crippen molar-refractivity contribution in [2.45, 2.75) is 120 Å². The molecule has 0 aliphatic carbocycles. The maximum atomic E-state index is 11.2. The first kappa shape index (κ1) is 106. The molecule has 0 aliphatic heterocycles. The van der Waals surface area contributed by atoms with E-state index in [1.807, 2.05) is 0 Å². The first-order valence-corrected chi connectivity index (χ1v) is 18.9. The van der Waals surface area contributed by atoms with Crippen LogP contribution in [0.4, 0.5) is 198 Å². The summed E-state index contributed by atoms with van der Waals surface area (Å²) in [6.45, 7) is -8.78. The second-order valence-electron chi connectivity index (χ2n) is 9.66. The number of alkyl halides is 54. The van der Waals surface area contributed by atoms with Crippen molar-refractivity contribution >= 4 is 104 Å². The quantitative estimate of drug-likeness (QED) is 0.195. The minimum atomic E-state index is -6.17. The van der Waals surface area contributed by atoms with E-state index in [1.54, 1.807) is 0 Å². The monoisotopic (exact) mass is 1480 g/mol. The topological polar surface area (TPSA) is 0 Å². The number of hydrogen-bond acceptors (Lipinski definition) is 0. The average molecular weight is 1480 g/mol. The predicted molar refractivity (Wildman–Crippen MR) is 187 cm³/mol. The van der Waals surface area contributed by atoms with Crippen molar-refractivity contribution in [2.24, 2.45) is 0 Å². The Morgan fingerprint density at radius 3 is 0.526 bits per heavy atom. The molecule has 0 aromatic rings. The molecule has 0 aliphatic rings. The summed E-state index contributed by atoms with van der Waals surface area (Å²) in [7, 11) is 0. The van der Waals surface area contributed by atoms with Crippen LogP contribution in [0.3, 0.4) is 0 Å². The Morgan fingerprint density at radius 1 is 0.359 bits per heavy atom. The number of rotatable bonds is 3. The molecule has 0 amide bonds. The van der Waals surface area contributed by atoms with Gasteiger partial charge in [0, 0.05) is 6.92 Å². The summed E-state index contributed by atoms with van der Waals surface area (Å²) in [6, 6.07) is 0. The van der Waals surface area contributed by atoms with Crippen LogP contribution < -0.4 is 0 Å². The summed E-state index contributed by atoms with van der Waals surface area (Å²) in [5, 5.41) is -4.94. The van der Waals surface area contributed by atoms with Crippen LogP contribution in [0, 0.1) is 0 Å². The van der Waals surface area contributed by atoms with E-state index in [2.05, 4.69) is 104 Å². The molecule has 0 N–H and O–H groups in total. The summed E-state index contributed by atoms with van der Waals surface area (Å²) >= 11 is 38.6. The van der Waals surface area contributed by atoms with Gasteiger partial charge in [-0.15, -0.1) is 23.2 Å². The molecule has 54 heteroatoms. The Hall–Kier alpha value is -0.540. The first-order valence-electron chi connectivity index (χ1n) is 14.8. The standard InChI is InChI=1S/C3HF7.C3H2F6.C3H3F5.C2HCl2F3.C2H2Cl2F2.C2HClF4.C2H2ClF3.C2HF5.C2H2F4.CHCl2F.CHClF2.CHF3/c4-1(5)2(6,7)3(8,9)10;4-1-2(5,6)3(7,8)9;1-2(4,5)3(6,7)8;3-1(4)2(5,6)7;3-1-2(4,5)6;3-1(4)2(5,6)7;3-1-2(4,5)6;3-1(4)2(5,6)7;3-1-2(4,5)6;3*2-1(3)4/h1H;1H2;1H3;1H;1H2;1H;1H2;1H;1H2;3*1H. The van der Waals surface area contributed by atoms with Crippen molar-refractivity contribution in [1.29, 1.82) is 0 Å². The maximum absolute atomic E-state index is 11.2. The van der Waals surface area contributed by atoms with Gasteiger partial charge in [0.2, 0.25) is 9.93 Å². The highest BCUT2D eigenvalue weighted by molar-refractivity contribution is 6.44. The minimum absolute atomic E-state index is 0.188. The largest absolute Gasteiger partial charge is 0.459 e. The highest BCUT2D eigenvalue weighted by atomic mass is 35.5. The lowest BCUT2D eigenvalue weighted by Gasteiger charge is -2.17. The molecule has 0 rings (SSSR count). The van der Waals surface area contributed by atoms with Gasteiger partial charge in [0.25, 0.3) is 5.63 Å². The van der Waals surface area contributed by atoms with E-state index in [1.165, 1.54) is 0 Å². The maximum Gasteiger partial charge on any atom is 0.459 e. The van der Waals surface area contributed by atoms with Gasteiger partial charge in [0.05, 0.1) is 0 Å². The van der Waals surface area contributed by atoms with Gasteiger partial charge in [-0.1, -0.05) is 69.6 Å². The van der Waals surface area contributed by atoms with E-state index in [-0.39, 0.29) is 6.92 Å². The van der Waals surface area contributed by atoms with Crippen LogP contribution >= 0.6 is 104 Å². The molecule has 0 fully saturated rings. The fraction of sp³-hybridized carbons (Fsp3) is 1.00. The predicted octanol–water partition coefficient (Wildman–Crippen LogP) is 22.8. The zero-order valence-electron chi connectivity index (χ0n) is 34.3. The average Bonchev–Trinajstić information content (AvgIpc) is 3.12. The van der Waals surface area contributed by atoms with Crippen molar-refractivity contribution in [3.05, 3.63) is 0 Å². The first-order chi connectivity index (χ1) is 33.0. The molecule has 0 nitrogen and oxygen atoms in total. The number of halogens is 54. The summed E-state index contributed by atoms with van der Waals surface area (Å²) < 4.78 is 480. The molecule has 0 aromatic heterocycles. The van der Waals surface area contributed by atoms with E-state index >= 15 is 0 Å². The van der Waals surface area contributed by atoms with E-state index < -0.39 is 139 Å². The third kappa shape index (κ3) is 107. The van der Waals surface area contributed by atoms with Crippen LogP contribution in [-0.2, 0) is 0 Å². The molecular formula is C24H18Cl9F45. The van der Waals surface area contributed by atoms with Gasteiger partial charge in [-0.05, 0) is 11.6 Å².